The Kier molecular flexibility index (Phi) is 6.28. The number of carbonyl (C=O) groups is 1. The first kappa shape index (κ1) is 20.6. The lowest BCUT2D eigenvalue weighted by atomic mass is 10.1. The third kappa shape index (κ3) is 3.75. The number of imidazole rings is 1. The Labute approximate surface area is 176 Å². The molecule has 2 saturated heterocycles. The number of benzene rings is 2. The quantitative estimate of drug-likeness (QED) is 0.687. The zero-order valence-electron chi connectivity index (χ0n) is 15.5. The fourth-order valence-electron chi connectivity index (χ4n) is 4.24. The van der Waals surface area contributed by atoms with Crippen molar-refractivity contribution in [2.24, 2.45) is 0 Å². The Balaban J connectivity index is 0.00000112. The van der Waals surface area contributed by atoms with Crippen LogP contribution in [0.15, 0.2) is 54.9 Å². The Morgan fingerprint density at radius 2 is 1.71 bits per heavy atom. The molecular weight excluding hydrogens is 395 g/mol. The Bertz CT molecular complexity index is 956. The minimum atomic E-state index is 0. The molecule has 28 heavy (non-hydrogen) atoms. The average Bonchev–Trinajstić information content (AvgIpc) is 3.24. The van der Waals surface area contributed by atoms with Crippen LogP contribution in [0, 0.1) is 0 Å². The van der Waals surface area contributed by atoms with Crippen molar-refractivity contribution in [1.29, 1.82) is 0 Å². The van der Waals surface area contributed by atoms with Gasteiger partial charge in [-0.25, -0.2) is 4.98 Å². The lowest BCUT2D eigenvalue weighted by Crippen LogP contribution is -2.39. The van der Waals surface area contributed by atoms with Crippen LogP contribution in [0.5, 0.6) is 0 Å². The van der Waals surface area contributed by atoms with Gasteiger partial charge >= 0.3 is 0 Å². The number of likely N-dealkylation sites (tertiary alicyclic amines) is 1. The highest BCUT2D eigenvalue weighted by atomic mass is 35.5. The van der Waals surface area contributed by atoms with Crippen LogP contribution in [0.2, 0.25) is 0 Å². The first-order valence-electron chi connectivity index (χ1n) is 9.36. The van der Waals surface area contributed by atoms with Crippen LogP contribution >= 0.6 is 24.8 Å². The standard InChI is InChI=1S/C21H22N4O.2ClH/c26-21(24-12-11-16-7-8-17(13-24)23-16)15-5-9-18(10-6-15)25-14-22-19-3-1-2-4-20(19)25;;/h1-6,9-10,14,16-17,23H,7-8,11-13H2;2*1H. The minimum Gasteiger partial charge on any atom is -0.337 e. The van der Waals surface area contributed by atoms with Crippen LogP contribution in [0.1, 0.15) is 29.6 Å². The van der Waals surface area contributed by atoms with E-state index in [1.165, 1.54) is 12.8 Å². The number of nitrogens with one attached hydrogen (secondary N) is 1. The Morgan fingerprint density at radius 3 is 2.54 bits per heavy atom. The summed E-state index contributed by atoms with van der Waals surface area (Å²) < 4.78 is 2.05. The molecule has 7 heteroatoms. The van der Waals surface area contributed by atoms with E-state index in [0.717, 1.165) is 41.8 Å². The van der Waals surface area contributed by atoms with Gasteiger partial charge < -0.3 is 10.2 Å². The second-order valence-corrected chi connectivity index (χ2v) is 7.33. The molecule has 2 aliphatic heterocycles. The molecule has 3 aromatic rings. The van der Waals surface area contributed by atoms with E-state index in [1.54, 1.807) is 0 Å². The number of rotatable bonds is 2. The highest BCUT2D eigenvalue weighted by molar-refractivity contribution is 5.94. The number of hydrogen-bond acceptors (Lipinski definition) is 3. The molecule has 0 radical (unpaired) electrons. The molecule has 2 aliphatic rings. The van der Waals surface area contributed by atoms with Crippen molar-refractivity contribution >= 4 is 41.8 Å². The second-order valence-electron chi connectivity index (χ2n) is 7.33. The number of carbonyl (C=O) groups excluding carboxylic acids is 1. The number of fused-ring (bicyclic) bond motifs is 3. The summed E-state index contributed by atoms with van der Waals surface area (Å²) in [5.41, 5.74) is 3.82. The molecule has 1 N–H and O–H groups in total. The molecule has 2 unspecified atom stereocenters. The van der Waals surface area contributed by atoms with Gasteiger partial charge in [0.25, 0.3) is 5.91 Å². The molecule has 2 bridgehead atoms. The summed E-state index contributed by atoms with van der Waals surface area (Å²) in [4.78, 5) is 19.4. The summed E-state index contributed by atoms with van der Waals surface area (Å²) in [7, 11) is 0. The SMILES string of the molecule is Cl.Cl.O=C(c1ccc(-n2cnc3ccccc32)cc1)N1CCC2CCC(C1)N2. The number of halogens is 2. The van der Waals surface area contributed by atoms with Gasteiger partial charge in [0.15, 0.2) is 0 Å². The van der Waals surface area contributed by atoms with Crippen molar-refractivity contribution < 1.29 is 4.79 Å². The highest BCUT2D eigenvalue weighted by Crippen LogP contribution is 2.23. The van der Waals surface area contributed by atoms with E-state index in [4.69, 9.17) is 0 Å². The zero-order chi connectivity index (χ0) is 17.5. The predicted octanol–water partition coefficient (Wildman–Crippen LogP) is 3.84. The first-order valence-corrected chi connectivity index (χ1v) is 9.36. The molecule has 2 atom stereocenters. The van der Waals surface area contributed by atoms with E-state index in [0.29, 0.717) is 12.1 Å². The first-order chi connectivity index (χ1) is 12.8. The third-order valence-corrected chi connectivity index (χ3v) is 5.66. The second kappa shape index (κ2) is 8.52. The van der Waals surface area contributed by atoms with Gasteiger partial charge in [-0.2, -0.15) is 0 Å². The van der Waals surface area contributed by atoms with Crippen molar-refractivity contribution in [3.05, 3.63) is 60.4 Å². The zero-order valence-corrected chi connectivity index (χ0v) is 17.1. The molecule has 5 rings (SSSR count). The van der Waals surface area contributed by atoms with E-state index in [2.05, 4.69) is 20.9 Å². The molecule has 0 aliphatic carbocycles. The largest absolute Gasteiger partial charge is 0.337 e. The number of hydrogen-bond donors (Lipinski definition) is 1. The number of aromatic nitrogens is 2. The van der Waals surface area contributed by atoms with E-state index >= 15 is 0 Å². The predicted molar refractivity (Wildman–Crippen MR) is 116 cm³/mol. The van der Waals surface area contributed by atoms with Gasteiger partial charge in [0.1, 0.15) is 6.33 Å². The molecule has 0 spiro atoms. The van der Waals surface area contributed by atoms with Gasteiger partial charge in [0.2, 0.25) is 0 Å². The van der Waals surface area contributed by atoms with Crippen molar-refractivity contribution in [2.45, 2.75) is 31.3 Å². The fraction of sp³-hybridized carbons (Fsp3) is 0.333. The lowest BCUT2D eigenvalue weighted by Gasteiger charge is -2.24. The summed E-state index contributed by atoms with van der Waals surface area (Å²) in [5.74, 6) is 0.140. The maximum absolute atomic E-state index is 12.9. The summed E-state index contributed by atoms with van der Waals surface area (Å²) in [6.07, 6.45) is 5.32. The van der Waals surface area contributed by atoms with Gasteiger partial charge in [0, 0.05) is 36.4 Å². The van der Waals surface area contributed by atoms with Crippen LogP contribution in [-0.2, 0) is 0 Å². The fourth-order valence-corrected chi connectivity index (χ4v) is 4.24. The summed E-state index contributed by atoms with van der Waals surface area (Å²) in [6, 6.07) is 17.0. The molecular formula is C21H24Cl2N4O. The van der Waals surface area contributed by atoms with Crippen molar-refractivity contribution in [1.82, 2.24) is 19.8 Å². The normalized spacial score (nSPS) is 20.9. The molecule has 148 valence electrons. The maximum Gasteiger partial charge on any atom is 0.253 e. The van der Waals surface area contributed by atoms with Crippen LogP contribution in [0.4, 0.5) is 0 Å². The molecule has 1 amide bonds. The van der Waals surface area contributed by atoms with E-state index in [9.17, 15) is 4.79 Å². The monoisotopic (exact) mass is 418 g/mol. The van der Waals surface area contributed by atoms with E-state index in [1.807, 2.05) is 53.7 Å². The molecule has 5 nitrogen and oxygen atoms in total. The smallest absolute Gasteiger partial charge is 0.253 e. The van der Waals surface area contributed by atoms with E-state index < -0.39 is 0 Å². The average molecular weight is 419 g/mol. The summed E-state index contributed by atoms with van der Waals surface area (Å²) >= 11 is 0. The van der Waals surface area contributed by atoms with Crippen LogP contribution < -0.4 is 5.32 Å². The van der Waals surface area contributed by atoms with Gasteiger partial charge in [-0.15, -0.1) is 24.8 Å². The van der Waals surface area contributed by atoms with Crippen LogP contribution in [-0.4, -0.2) is 45.5 Å². The van der Waals surface area contributed by atoms with Crippen LogP contribution in [0.25, 0.3) is 16.7 Å². The molecule has 2 aromatic carbocycles. The maximum atomic E-state index is 12.9. The van der Waals surface area contributed by atoms with Crippen molar-refractivity contribution in [3.8, 4) is 5.69 Å². The van der Waals surface area contributed by atoms with Crippen molar-refractivity contribution in [2.75, 3.05) is 13.1 Å². The molecule has 3 heterocycles. The third-order valence-electron chi connectivity index (χ3n) is 5.66. The van der Waals surface area contributed by atoms with Crippen LogP contribution in [0.3, 0.4) is 0 Å². The Hall–Kier alpha value is -2.08. The van der Waals surface area contributed by atoms with Crippen molar-refractivity contribution in [3.63, 3.8) is 0 Å². The van der Waals surface area contributed by atoms with Gasteiger partial charge in [-0.1, -0.05) is 12.1 Å². The van der Waals surface area contributed by atoms with E-state index in [-0.39, 0.29) is 30.7 Å². The number of nitrogens with zero attached hydrogens (tertiary/aromatic N) is 3. The van der Waals surface area contributed by atoms with Gasteiger partial charge in [0.05, 0.1) is 11.0 Å². The molecule has 1 aromatic heterocycles. The lowest BCUT2D eigenvalue weighted by molar-refractivity contribution is 0.0748. The number of amides is 1. The minimum absolute atomic E-state index is 0. The number of para-hydroxylation sites is 2. The van der Waals surface area contributed by atoms with Gasteiger partial charge in [-0.3, -0.25) is 9.36 Å². The Morgan fingerprint density at radius 1 is 0.964 bits per heavy atom. The van der Waals surface area contributed by atoms with Gasteiger partial charge in [-0.05, 0) is 55.7 Å². The summed E-state index contributed by atoms with van der Waals surface area (Å²) in [5, 5.41) is 3.63. The summed E-state index contributed by atoms with van der Waals surface area (Å²) in [6.45, 7) is 1.67. The molecule has 0 saturated carbocycles. The highest BCUT2D eigenvalue weighted by Gasteiger charge is 2.31. The molecule has 2 fully saturated rings. The topological polar surface area (TPSA) is 50.2 Å².